The Kier molecular flexibility index (Phi) is 5.05. The van der Waals surface area contributed by atoms with E-state index in [-0.39, 0.29) is 18.4 Å². The first-order valence-electron chi connectivity index (χ1n) is 7.27. The van der Waals surface area contributed by atoms with E-state index < -0.39 is 9.84 Å². The quantitative estimate of drug-likeness (QED) is 0.846. The average Bonchev–Trinajstić information content (AvgIpc) is 2.87. The van der Waals surface area contributed by atoms with Crippen LogP contribution in [0.1, 0.15) is 32.6 Å². The van der Waals surface area contributed by atoms with Gasteiger partial charge >= 0.3 is 0 Å². The molecule has 2 N–H and O–H groups in total. The molecule has 20 heavy (non-hydrogen) atoms. The van der Waals surface area contributed by atoms with Crippen LogP contribution >= 0.6 is 0 Å². The molecule has 1 aromatic rings. The second-order valence-corrected chi connectivity index (χ2v) is 7.60. The van der Waals surface area contributed by atoms with Gasteiger partial charge in [-0.25, -0.2) is 8.42 Å². The summed E-state index contributed by atoms with van der Waals surface area (Å²) in [5.74, 6) is 0.536. The van der Waals surface area contributed by atoms with Gasteiger partial charge in [0.25, 0.3) is 0 Å². The van der Waals surface area contributed by atoms with Crippen LogP contribution in [-0.2, 0) is 9.84 Å². The van der Waals surface area contributed by atoms with Gasteiger partial charge < -0.3 is 10.4 Å². The fourth-order valence-electron chi connectivity index (χ4n) is 2.95. The highest BCUT2D eigenvalue weighted by Crippen LogP contribution is 2.32. The molecular weight excluding hydrogens is 274 g/mol. The molecule has 2 unspecified atom stereocenters. The van der Waals surface area contributed by atoms with Gasteiger partial charge in [0.05, 0.1) is 16.3 Å². The monoisotopic (exact) mass is 297 g/mol. The van der Waals surface area contributed by atoms with Crippen LogP contribution in [0.5, 0.6) is 0 Å². The van der Waals surface area contributed by atoms with Gasteiger partial charge in [-0.2, -0.15) is 0 Å². The van der Waals surface area contributed by atoms with Crippen molar-refractivity contribution in [3.8, 4) is 0 Å². The third-order valence-electron chi connectivity index (χ3n) is 4.10. The second kappa shape index (κ2) is 6.59. The van der Waals surface area contributed by atoms with Gasteiger partial charge in [-0.1, -0.05) is 25.5 Å². The number of aliphatic hydroxyl groups excluding tert-OH is 1. The molecule has 1 fully saturated rings. The van der Waals surface area contributed by atoms with Gasteiger partial charge in [-0.15, -0.1) is 0 Å². The van der Waals surface area contributed by atoms with Crippen LogP contribution in [0.4, 0.5) is 5.69 Å². The van der Waals surface area contributed by atoms with E-state index in [1.807, 2.05) is 12.1 Å². The van der Waals surface area contributed by atoms with E-state index >= 15 is 0 Å². The van der Waals surface area contributed by atoms with Gasteiger partial charge in [0.15, 0.2) is 9.84 Å². The van der Waals surface area contributed by atoms with Crippen LogP contribution in [0.3, 0.4) is 0 Å². The number of sulfone groups is 1. The summed E-state index contributed by atoms with van der Waals surface area (Å²) in [6.07, 6.45) is 4.04. The molecule has 0 heterocycles. The Labute approximate surface area is 121 Å². The fraction of sp³-hybridized carbons (Fsp3) is 0.600. The summed E-state index contributed by atoms with van der Waals surface area (Å²) in [4.78, 5) is 0.386. The molecule has 2 atom stereocenters. The standard InChI is InChI=1S/C15H23NO3S/c1-2-20(18,19)15-9-4-3-7-14(15)16-13-8-5-6-12(13)10-11-17/h3-4,7,9,12-13,16-17H,2,5-6,8,10-11H2,1H3. The maximum atomic E-state index is 12.1. The van der Waals surface area contributed by atoms with Gasteiger partial charge in [-0.3, -0.25) is 0 Å². The molecule has 0 amide bonds. The van der Waals surface area contributed by atoms with Gasteiger partial charge in [0, 0.05) is 12.6 Å². The maximum Gasteiger partial charge on any atom is 0.180 e. The molecule has 4 nitrogen and oxygen atoms in total. The van der Waals surface area contributed by atoms with Crippen LogP contribution in [-0.4, -0.2) is 31.9 Å². The molecular formula is C15H23NO3S. The molecule has 0 bridgehead atoms. The third-order valence-corrected chi connectivity index (χ3v) is 5.89. The summed E-state index contributed by atoms with van der Waals surface area (Å²) in [6, 6.07) is 7.37. The zero-order chi connectivity index (χ0) is 14.6. The number of hydrogen-bond acceptors (Lipinski definition) is 4. The van der Waals surface area contributed by atoms with E-state index in [1.54, 1.807) is 19.1 Å². The molecule has 1 aromatic carbocycles. The Bertz CT molecular complexity index is 542. The number of para-hydroxylation sites is 1. The summed E-state index contributed by atoms with van der Waals surface area (Å²) < 4.78 is 24.2. The zero-order valence-corrected chi connectivity index (χ0v) is 12.7. The molecule has 0 aliphatic heterocycles. The third kappa shape index (κ3) is 3.33. The Morgan fingerprint density at radius 2 is 2.05 bits per heavy atom. The van der Waals surface area contributed by atoms with Gasteiger partial charge in [0.2, 0.25) is 0 Å². The normalized spacial score (nSPS) is 22.9. The van der Waals surface area contributed by atoms with Gasteiger partial charge in [-0.05, 0) is 37.3 Å². The van der Waals surface area contributed by atoms with E-state index in [0.717, 1.165) is 25.7 Å². The van der Waals surface area contributed by atoms with E-state index in [9.17, 15) is 8.42 Å². The zero-order valence-electron chi connectivity index (χ0n) is 11.9. The number of aliphatic hydroxyl groups is 1. The largest absolute Gasteiger partial charge is 0.396 e. The summed E-state index contributed by atoms with van der Waals surface area (Å²) >= 11 is 0. The second-order valence-electron chi connectivity index (χ2n) is 5.35. The highest BCUT2D eigenvalue weighted by atomic mass is 32.2. The van der Waals surface area contributed by atoms with E-state index in [2.05, 4.69) is 5.32 Å². The van der Waals surface area contributed by atoms with Crippen molar-refractivity contribution in [3.05, 3.63) is 24.3 Å². The van der Waals surface area contributed by atoms with Crippen LogP contribution in [0.25, 0.3) is 0 Å². The Morgan fingerprint density at radius 1 is 1.30 bits per heavy atom. The summed E-state index contributed by atoms with van der Waals surface area (Å²) in [6.45, 7) is 1.86. The van der Waals surface area contributed by atoms with Crippen LogP contribution < -0.4 is 5.32 Å². The molecule has 112 valence electrons. The van der Waals surface area contributed by atoms with E-state index in [1.165, 1.54) is 0 Å². The minimum absolute atomic E-state index is 0.108. The number of rotatable bonds is 6. The average molecular weight is 297 g/mol. The summed E-state index contributed by atoms with van der Waals surface area (Å²) in [7, 11) is -3.21. The highest BCUT2D eigenvalue weighted by molar-refractivity contribution is 7.91. The fourth-order valence-corrected chi connectivity index (χ4v) is 4.01. The lowest BCUT2D eigenvalue weighted by Gasteiger charge is -2.23. The van der Waals surface area contributed by atoms with Crippen molar-refractivity contribution in [2.45, 2.75) is 43.5 Å². The molecule has 5 heteroatoms. The number of anilines is 1. The molecule has 0 spiro atoms. The molecule has 0 saturated heterocycles. The van der Waals surface area contributed by atoms with Crippen LogP contribution in [0, 0.1) is 5.92 Å². The lowest BCUT2D eigenvalue weighted by molar-refractivity contribution is 0.254. The van der Waals surface area contributed by atoms with Gasteiger partial charge in [0.1, 0.15) is 0 Å². The smallest absolute Gasteiger partial charge is 0.180 e. The van der Waals surface area contributed by atoms with Crippen molar-refractivity contribution in [2.75, 3.05) is 17.7 Å². The lowest BCUT2D eigenvalue weighted by Crippen LogP contribution is -2.25. The summed E-state index contributed by atoms with van der Waals surface area (Å²) in [5.41, 5.74) is 0.698. The minimum Gasteiger partial charge on any atom is -0.396 e. The molecule has 0 radical (unpaired) electrons. The number of nitrogens with one attached hydrogen (secondary N) is 1. The Balaban J connectivity index is 2.22. The first-order valence-corrected chi connectivity index (χ1v) is 8.93. The topological polar surface area (TPSA) is 66.4 Å². The molecule has 1 saturated carbocycles. The van der Waals surface area contributed by atoms with Crippen molar-refractivity contribution < 1.29 is 13.5 Å². The van der Waals surface area contributed by atoms with E-state index in [0.29, 0.717) is 16.5 Å². The van der Waals surface area contributed by atoms with Crippen molar-refractivity contribution >= 4 is 15.5 Å². The van der Waals surface area contributed by atoms with Crippen molar-refractivity contribution in [1.82, 2.24) is 0 Å². The Morgan fingerprint density at radius 3 is 2.75 bits per heavy atom. The minimum atomic E-state index is -3.21. The number of hydrogen-bond donors (Lipinski definition) is 2. The van der Waals surface area contributed by atoms with Crippen molar-refractivity contribution in [3.63, 3.8) is 0 Å². The maximum absolute atomic E-state index is 12.1. The van der Waals surface area contributed by atoms with Crippen LogP contribution in [0.2, 0.25) is 0 Å². The van der Waals surface area contributed by atoms with Crippen molar-refractivity contribution in [2.24, 2.45) is 5.92 Å². The van der Waals surface area contributed by atoms with E-state index in [4.69, 9.17) is 5.11 Å². The molecule has 1 aliphatic carbocycles. The predicted octanol–water partition coefficient (Wildman–Crippen LogP) is 2.44. The van der Waals surface area contributed by atoms with Crippen molar-refractivity contribution in [1.29, 1.82) is 0 Å². The molecule has 0 aromatic heterocycles. The highest BCUT2D eigenvalue weighted by Gasteiger charge is 2.28. The first kappa shape index (κ1) is 15.3. The number of benzene rings is 1. The van der Waals surface area contributed by atoms with Crippen LogP contribution in [0.15, 0.2) is 29.2 Å². The predicted molar refractivity (Wildman–Crippen MR) is 80.6 cm³/mol. The SMILES string of the molecule is CCS(=O)(=O)c1ccccc1NC1CCCC1CCO. The molecule has 2 rings (SSSR count). The first-order chi connectivity index (χ1) is 9.58. The lowest BCUT2D eigenvalue weighted by atomic mass is 10.00. The summed E-state index contributed by atoms with van der Waals surface area (Å²) in [5, 5.41) is 12.5. The molecule has 1 aliphatic rings. The Hall–Kier alpha value is -1.07.